The summed E-state index contributed by atoms with van der Waals surface area (Å²) < 4.78 is 25.0. The average molecular weight is 567 g/mol. The van der Waals surface area contributed by atoms with Gasteiger partial charge in [0.2, 0.25) is 0 Å². The molecule has 0 radical (unpaired) electrons. The number of carbonyl (C=O) groups excluding carboxylic acids is 1. The maximum absolute atomic E-state index is 14.0. The average Bonchev–Trinajstić information content (AvgIpc) is 3.02. The number of pyridine rings is 1. The second-order valence-electron chi connectivity index (χ2n) is 9.90. The van der Waals surface area contributed by atoms with E-state index in [1.54, 1.807) is 18.2 Å². The minimum absolute atomic E-state index is 0.281. The van der Waals surface area contributed by atoms with Gasteiger partial charge < -0.3 is 24.6 Å². The van der Waals surface area contributed by atoms with Gasteiger partial charge in [-0.25, -0.2) is 14.2 Å². The van der Waals surface area contributed by atoms with Crippen molar-refractivity contribution < 1.29 is 28.9 Å². The van der Waals surface area contributed by atoms with Gasteiger partial charge in [0.25, 0.3) is 0 Å². The number of hydrogen-bond acceptors (Lipinski definition) is 7. The van der Waals surface area contributed by atoms with Crippen LogP contribution in [0.4, 0.5) is 10.1 Å². The number of esters is 1. The zero-order chi connectivity index (χ0) is 29.3. The molecule has 0 bridgehead atoms. The Morgan fingerprint density at radius 2 is 1.62 bits per heavy atom. The van der Waals surface area contributed by atoms with E-state index in [0.717, 1.165) is 33.4 Å². The standard InChI is InChI=1S/C34H31FN2O5/c35-28-6-3-4-25(18-28)20-37(19-24-8-10-27(11-9-24)34(40)42-23-31(39)21-38)30-14-16-32(17-15-30)41-22-29-13-12-26-5-1-2-7-33(26)36-29/h1-18,31,38-39H,19-23H2. The Bertz CT molecular complexity index is 1630. The van der Waals surface area contributed by atoms with Crippen molar-refractivity contribution in [1.29, 1.82) is 0 Å². The summed E-state index contributed by atoms with van der Waals surface area (Å²) in [6.07, 6.45) is -1.11. The van der Waals surface area contributed by atoms with Crippen molar-refractivity contribution in [2.45, 2.75) is 25.8 Å². The predicted octanol–water partition coefficient (Wildman–Crippen LogP) is 5.67. The molecule has 2 N–H and O–H groups in total. The lowest BCUT2D eigenvalue weighted by molar-refractivity contribution is 0.00933. The number of ether oxygens (including phenoxy) is 2. The van der Waals surface area contributed by atoms with Gasteiger partial charge in [0, 0.05) is 24.2 Å². The molecule has 4 aromatic carbocycles. The zero-order valence-electron chi connectivity index (χ0n) is 22.9. The number of aliphatic hydroxyl groups is 2. The minimum atomic E-state index is -1.11. The summed E-state index contributed by atoms with van der Waals surface area (Å²) >= 11 is 0. The molecule has 0 aliphatic rings. The highest BCUT2D eigenvalue weighted by Gasteiger charge is 2.13. The molecule has 5 rings (SSSR count). The Morgan fingerprint density at radius 3 is 2.38 bits per heavy atom. The van der Waals surface area contributed by atoms with Crippen LogP contribution in [0.5, 0.6) is 5.75 Å². The molecule has 1 unspecified atom stereocenters. The minimum Gasteiger partial charge on any atom is -0.487 e. The van der Waals surface area contributed by atoms with Crippen molar-refractivity contribution >= 4 is 22.6 Å². The van der Waals surface area contributed by atoms with Gasteiger partial charge in [-0.15, -0.1) is 0 Å². The molecule has 0 aliphatic carbocycles. The monoisotopic (exact) mass is 566 g/mol. The number of benzene rings is 4. The molecule has 1 aromatic heterocycles. The van der Waals surface area contributed by atoms with Gasteiger partial charge in [-0.1, -0.05) is 48.5 Å². The molecule has 0 amide bonds. The first-order chi connectivity index (χ1) is 20.5. The van der Waals surface area contributed by atoms with Crippen molar-refractivity contribution in [1.82, 2.24) is 4.98 Å². The van der Waals surface area contributed by atoms with Crippen molar-refractivity contribution in [3.8, 4) is 5.75 Å². The van der Waals surface area contributed by atoms with Gasteiger partial charge in [0.1, 0.15) is 30.9 Å². The summed E-state index contributed by atoms with van der Waals surface area (Å²) in [4.78, 5) is 19.0. The molecule has 0 saturated carbocycles. The highest BCUT2D eigenvalue weighted by atomic mass is 19.1. The maximum Gasteiger partial charge on any atom is 0.338 e. The molecular weight excluding hydrogens is 535 g/mol. The third-order valence-corrected chi connectivity index (χ3v) is 6.69. The van der Waals surface area contributed by atoms with Crippen molar-refractivity contribution in [2.24, 2.45) is 0 Å². The Hall–Kier alpha value is -4.79. The molecule has 7 nitrogen and oxygen atoms in total. The summed E-state index contributed by atoms with van der Waals surface area (Å²) in [6.45, 7) is 0.530. The summed E-state index contributed by atoms with van der Waals surface area (Å²) in [6, 6.07) is 33.1. The molecule has 1 heterocycles. The number of aliphatic hydroxyl groups excluding tert-OH is 2. The second-order valence-corrected chi connectivity index (χ2v) is 9.90. The van der Waals surface area contributed by atoms with Crippen LogP contribution in [-0.4, -0.2) is 40.5 Å². The number of nitrogens with zero attached hydrogens (tertiary/aromatic N) is 2. The maximum atomic E-state index is 14.0. The Morgan fingerprint density at radius 1 is 0.857 bits per heavy atom. The van der Waals surface area contributed by atoms with E-state index in [2.05, 4.69) is 9.88 Å². The van der Waals surface area contributed by atoms with Crippen LogP contribution in [0.2, 0.25) is 0 Å². The van der Waals surface area contributed by atoms with Crippen molar-refractivity contribution in [3.63, 3.8) is 0 Å². The first kappa shape index (κ1) is 28.7. The summed E-state index contributed by atoms with van der Waals surface area (Å²) in [7, 11) is 0. The quantitative estimate of drug-likeness (QED) is 0.188. The van der Waals surface area contributed by atoms with E-state index < -0.39 is 18.7 Å². The fraction of sp³-hybridized carbons (Fsp3) is 0.176. The molecule has 0 fully saturated rings. The van der Waals surface area contributed by atoms with Gasteiger partial charge in [0.15, 0.2) is 0 Å². The number of hydrogen-bond donors (Lipinski definition) is 2. The fourth-order valence-electron chi connectivity index (χ4n) is 4.47. The third kappa shape index (κ3) is 7.69. The number of rotatable bonds is 12. The van der Waals surface area contributed by atoms with E-state index in [1.165, 1.54) is 12.1 Å². The number of para-hydroxylation sites is 1. The predicted molar refractivity (Wildman–Crippen MR) is 159 cm³/mol. The van der Waals surface area contributed by atoms with Crippen LogP contribution in [0.25, 0.3) is 10.9 Å². The summed E-state index contributed by atoms with van der Waals surface area (Å²) in [5, 5.41) is 19.4. The van der Waals surface area contributed by atoms with E-state index in [9.17, 15) is 14.3 Å². The third-order valence-electron chi connectivity index (χ3n) is 6.69. The van der Waals surface area contributed by atoms with Crippen LogP contribution in [0.1, 0.15) is 27.2 Å². The van der Waals surface area contributed by atoms with E-state index in [4.69, 9.17) is 14.6 Å². The Balaban J connectivity index is 1.28. The van der Waals surface area contributed by atoms with E-state index >= 15 is 0 Å². The molecular formula is C34H31FN2O5. The van der Waals surface area contributed by atoms with Crippen molar-refractivity contribution in [3.05, 3.63) is 137 Å². The summed E-state index contributed by atoms with van der Waals surface area (Å²) in [5.74, 6) is -0.179. The second kappa shape index (κ2) is 13.7. The van der Waals surface area contributed by atoms with Gasteiger partial charge in [-0.2, -0.15) is 0 Å². The lowest BCUT2D eigenvalue weighted by Crippen LogP contribution is -2.23. The first-order valence-corrected chi connectivity index (χ1v) is 13.6. The molecule has 8 heteroatoms. The molecule has 0 saturated heterocycles. The van der Waals surface area contributed by atoms with Crippen LogP contribution < -0.4 is 9.64 Å². The van der Waals surface area contributed by atoms with Crippen LogP contribution in [-0.2, 0) is 24.4 Å². The first-order valence-electron chi connectivity index (χ1n) is 13.6. The van der Waals surface area contributed by atoms with Gasteiger partial charge in [-0.05, 0) is 71.8 Å². The highest BCUT2D eigenvalue weighted by Crippen LogP contribution is 2.25. The molecule has 0 aliphatic heterocycles. The van der Waals surface area contributed by atoms with Crippen LogP contribution in [0, 0.1) is 5.82 Å². The smallest absolute Gasteiger partial charge is 0.338 e. The van der Waals surface area contributed by atoms with Crippen LogP contribution in [0.15, 0.2) is 109 Å². The number of fused-ring (bicyclic) bond motifs is 1. The molecule has 0 spiro atoms. The number of halogens is 1. The van der Waals surface area contributed by atoms with E-state index in [-0.39, 0.29) is 12.4 Å². The van der Waals surface area contributed by atoms with Gasteiger partial charge in [0.05, 0.1) is 23.4 Å². The number of anilines is 1. The molecule has 42 heavy (non-hydrogen) atoms. The van der Waals surface area contributed by atoms with Crippen LogP contribution >= 0.6 is 0 Å². The largest absolute Gasteiger partial charge is 0.487 e. The highest BCUT2D eigenvalue weighted by molar-refractivity contribution is 5.89. The molecule has 214 valence electrons. The zero-order valence-corrected chi connectivity index (χ0v) is 22.9. The van der Waals surface area contributed by atoms with E-state index in [0.29, 0.717) is 31.0 Å². The SMILES string of the molecule is O=C(OCC(O)CO)c1ccc(CN(Cc2cccc(F)c2)c2ccc(OCc3ccc4ccccc4n3)cc2)cc1. The Labute approximate surface area is 243 Å². The normalized spacial score (nSPS) is 11.7. The Kier molecular flexibility index (Phi) is 9.38. The number of carbonyl (C=O) groups is 1. The molecule has 1 atom stereocenters. The number of aromatic nitrogens is 1. The lowest BCUT2D eigenvalue weighted by atomic mass is 10.1. The fourth-order valence-corrected chi connectivity index (χ4v) is 4.47. The summed E-state index contributed by atoms with van der Waals surface area (Å²) in [5.41, 5.74) is 4.76. The topological polar surface area (TPSA) is 92.1 Å². The van der Waals surface area contributed by atoms with Gasteiger partial charge in [-0.3, -0.25) is 0 Å². The van der Waals surface area contributed by atoms with Crippen molar-refractivity contribution in [2.75, 3.05) is 18.1 Å². The van der Waals surface area contributed by atoms with E-state index in [1.807, 2.05) is 78.9 Å². The van der Waals surface area contributed by atoms with Crippen LogP contribution in [0.3, 0.4) is 0 Å². The lowest BCUT2D eigenvalue weighted by Gasteiger charge is -2.26. The van der Waals surface area contributed by atoms with Gasteiger partial charge >= 0.3 is 5.97 Å². The molecule has 5 aromatic rings.